The fourth-order valence-electron chi connectivity index (χ4n) is 1.44. The average Bonchev–Trinajstić information content (AvgIpc) is 2.98. The molecule has 1 heterocycles. The number of methoxy groups -OCH3 is 1. The molecule has 2 rings (SSSR count). The smallest absolute Gasteiger partial charge is 0.337 e. The highest BCUT2D eigenvalue weighted by atomic mass is 32.1. The molecule has 0 N–H and O–H groups in total. The summed E-state index contributed by atoms with van der Waals surface area (Å²) in [5, 5.41) is 0. The minimum atomic E-state index is -0.378. The molecule has 0 atom stereocenters. The first-order valence-electron chi connectivity index (χ1n) is 5.50. The molecule has 0 aliphatic heterocycles. The molecular weight excluding hydrogens is 262 g/mol. The van der Waals surface area contributed by atoms with Crippen molar-refractivity contribution in [3.05, 3.63) is 58.1 Å². The van der Waals surface area contributed by atoms with Crippen LogP contribution in [-0.2, 0) is 4.74 Å². The molecule has 2 aromatic rings. The van der Waals surface area contributed by atoms with Gasteiger partial charge in [-0.1, -0.05) is 18.2 Å². The van der Waals surface area contributed by atoms with Crippen molar-refractivity contribution in [1.29, 1.82) is 0 Å². The Morgan fingerprint density at radius 3 is 2.58 bits per heavy atom. The van der Waals surface area contributed by atoms with Gasteiger partial charge in [-0.2, -0.15) is 0 Å². The average molecular weight is 273 g/mol. The van der Waals surface area contributed by atoms with Crippen LogP contribution >= 0.6 is 11.3 Å². The molecular formula is C14H11NO3S. The maximum atomic E-state index is 11.7. The molecule has 0 radical (unpaired) electrons. The number of benzene rings is 1. The zero-order valence-electron chi connectivity index (χ0n) is 10.2. The van der Waals surface area contributed by atoms with Crippen molar-refractivity contribution in [2.45, 2.75) is 0 Å². The number of carbonyl (C=O) groups excluding carboxylic acids is 2. The van der Waals surface area contributed by atoms with Crippen molar-refractivity contribution in [3.63, 3.8) is 0 Å². The summed E-state index contributed by atoms with van der Waals surface area (Å²) in [4.78, 5) is 27.4. The van der Waals surface area contributed by atoms with Gasteiger partial charge in [0.2, 0.25) is 0 Å². The number of allylic oxidation sites excluding steroid dienone is 1. The van der Waals surface area contributed by atoms with Gasteiger partial charge in [-0.25, -0.2) is 4.79 Å². The number of ether oxygens (including phenoxy) is 1. The van der Waals surface area contributed by atoms with Gasteiger partial charge in [-0.15, -0.1) is 11.3 Å². The van der Waals surface area contributed by atoms with E-state index in [0.717, 1.165) is 5.56 Å². The molecule has 4 nitrogen and oxygen atoms in total. The quantitative estimate of drug-likeness (QED) is 0.488. The van der Waals surface area contributed by atoms with Crippen molar-refractivity contribution in [2.75, 3.05) is 7.11 Å². The number of thiazole rings is 1. The highest BCUT2D eigenvalue weighted by molar-refractivity contribution is 7.11. The van der Waals surface area contributed by atoms with Crippen LogP contribution in [0.25, 0.3) is 6.08 Å². The number of esters is 1. The van der Waals surface area contributed by atoms with Gasteiger partial charge in [0.1, 0.15) is 0 Å². The minimum absolute atomic E-state index is 0.0838. The van der Waals surface area contributed by atoms with Crippen LogP contribution in [0.3, 0.4) is 0 Å². The van der Waals surface area contributed by atoms with Crippen LogP contribution in [0.15, 0.2) is 42.0 Å². The molecule has 0 saturated heterocycles. The van der Waals surface area contributed by atoms with Gasteiger partial charge in [-0.3, -0.25) is 9.78 Å². The van der Waals surface area contributed by atoms with E-state index in [1.807, 2.05) is 0 Å². The zero-order valence-corrected chi connectivity index (χ0v) is 11.0. The summed E-state index contributed by atoms with van der Waals surface area (Å²) < 4.78 is 4.61. The number of hydrogen-bond donors (Lipinski definition) is 0. The minimum Gasteiger partial charge on any atom is -0.465 e. The lowest BCUT2D eigenvalue weighted by Crippen LogP contribution is -2.00. The molecule has 1 aromatic heterocycles. The van der Waals surface area contributed by atoms with Gasteiger partial charge in [0, 0.05) is 6.20 Å². The maximum absolute atomic E-state index is 11.7. The number of aromatic nitrogens is 1. The summed E-state index contributed by atoms with van der Waals surface area (Å²) in [5.41, 5.74) is 2.94. The lowest BCUT2D eigenvalue weighted by molar-refractivity contribution is 0.0600. The molecule has 0 amide bonds. The third kappa shape index (κ3) is 3.35. The molecule has 96 valence electrons. The Morgan fingerprint density at radius 2 is 2.00 bits per heavy atom. The summed E-state index contributed by atoms with van der Waals surface area (Å²) in [6.07, 6.45) is 4.72. The van der Waals surface area contributed by atoms with E-state index in [1.165, 1.54) is 30.7 Å². The number of nitrogens with zero attached hydrogens (tertiary/aromatic N) is 1. The summed E-state index contributed by atoms with van der Waals surface area (Å²) in [6, 6.07) is 6.82. The molecule has 0 unspecified atom stereocenters. The maximum Gasteiger partial charge on any atom is 0.337 e. The fraction of sp³-hybridized carbons (Fsp3) is 0.0714. The standard InChI is InChI=1S/C14H11NO3S/c1-18-14(17)11-5-2-10(3-6-11)4-7-12(16)13-8-15-9-19-13/h2-9H,1H3/b7-4+. The van der Waals surface area contributed by atoms with Crippen LogP contribution in [0.1, 0.15) is 25.6 Å². The van der Waals surface area contributed by atoms with Gasteiger partial charge >= 0.3 is 5.97 Å². The Hall–Kier alpha value is -2.27. The normalized spacial score (nSPS) is 10.6. The zero-order chi connectivity index (χ0) is 13.7. The van der Waals surface area contributed by atoms with Crippen molar-refractivity contribution >= 4 is 29.2 Å². The van der Waals surface area contributed by atoms with Gasteiger partial charge in [0.25, 0.3) is 0 Å². The highest BCUT2D eigenvalue weighted by Gasteiger charge is 2.04. The Bertz CT molecular complexity index is 600. The molecule has 0 bridgehead atoms. The SMILES string of the molecule is COC(=O)c1ccc(/C=C/C(=O)c2cncs2)cc1. The summed E-state index contributed by atoms with van der Waals surface area (Å²) in [6.45, 7) is 0. The molecule has 0 fully saturated rings. The highest BCUT2D eigenvalue weighted by Crippen LogP contribution is 2.10. The van der Waals surface area contributed by atoms with E-state index in [-0.39, 0.29) is 11.8 Å². The second kappa shape index (κ2) is 6.06. The second-order valence-corrected chi connectivity index (χ2v) is 4.56. The Balaban J connectivity index is 2.07. The van der Waals surface area contributed by atoms with E-state index < -0.39 is 0 Å². The van der Waals surface area contributed by atoms with Crippen molar-refractivity contribution in [3.8, 4) is 0 Å². The van der Waals surface area contributed by atoms with Gasteiger partial charge in [0.05, 0.1) is 23.1 Å². The number of rotatable bonds is 4. The molecule has 19 heavy (non-hydrogen) atoms. The third-order valence-corrected chi connectivity index (χ3v) is 3.22. The Kier molecular flexibility index (Phi) is 4.20. The van der Waals surface area contributed by atoms with E-state index in [1.54, 1.807) is 35.9 Å². The first-order valence-corrected chi connectivity index (χ1v) is 6.38. The van der Waals surface area contributed by atoms with Gasteiger partial charge in [0.15, 0.2) is 5.78 Å². The molecule has 0 saturated carbocycles. The summed E-state index contributed by atoms with van der Waals surface area (Å²) >= 11 is 1.30. The molecule has 5 heteroatoms. The van der Waals surface area contributed by atoms with Crippen LogP contribution in [0.5, 0.6) is 0 Å². The molecule has 1 aromatic carbocycles. The van der Waals surface area contributed by atoms with Crippen molar-refractivity contribution < 1.29 is 14.3 Å². The fourth-order valence-corrected chi connectivity index (χ4v) is 1.98. The van der Waals surface area contributed by atoms with Crippen LogP contribution in [0.2, 0.25) is 0 Å². The van der Waals surface area contributed by atoms with Crippen molar-refractivity contribution in [1.82, 2.24) is 4.98 Å². The predicted octanol–water partition coefficient (Wildman–Crippen LogP) is 2.83. The van der Waals surface area contributed by atoms with Crippen LogP contribution < -0.4 is 0 Å². The van der Waals surface area contributed by atoms with Crippen LogP contribution in [0.4, 0.5) is 0 Å². The largest absolute Gasteiger partial charge is 0.465 e. The Labute approximate surface area is 114 Å². The monoisotopic (exact) mass is 273 g/mol. The van der Waals surface area contributed by atoms with Gasteiger partial charge < -0.3 is 4.74 Å². The predicted molar refractivity (Wildman–Crippen MR) is 73.3 cm³/mol. The van der Waals surface area contributed by atoms with E-state index in [9.17, 15) is 9.59 Å². The molecule has 0 aliphatic rings. The van der Waals surface area contributed by atoms with E-state index in [2.05, 4.69) is 9.72 Å². The third-order valence-electron chi connectivity index (χ3n) is 2.43. The van der Waals surface area contributed by atoms with Crippen LogP contribution in [0, 0.1) is 0 Å². The van der Waals surface area contributed by atoms with E-state index >= 15 is 0 Å². The Morgan fingerprint density at radius 1 is 1.26 bits per heavy atom. The van der Waals surface area contributed by atoms with Crippen molar-refractivity contribution in [2.24, 2.45) is 0 Å². The first-order chi connectivity index (χ1) is 9.20. The van der Waals surface area contributed by atoms with E-state index in [4.69, 9.17) is 0 Å². The number of carbonyl (C=O) groups is 2. The molecule has 0 aliphatic carbocycles. The summed E-state index contributed by atoms with van der Waals surface area (Å²) in [5.74, 6) is -0.462. The lowest BCUT2D eigenvalue weighted by atomic mass is 10.1. The number of hydrogen-bond acceptors (Lipinski definition) is 5. The van der Waals surface area contributed by atoms with E-state index in [0.29, 0.717) is 10.4 Å². The second-order valence-electron chi connectivity index (χ2n) is 3.68. The summed E-state index contributed by atoms with van der Waals surface area (Å²) in [7, 11) is 1.34. The van der Waals surface area contributed by atoms with Gasteiger partial charge in [-0.05, 0) is 23.8 Å². The van der Waals surface area contributed by atoms with Crippen LogP contribution in [-0.4, -0.2) is 23.8 Å². The molecule has 0 spiro atoms. The lowest BCUT2D eigenvalue weighted by Gasteiger charge is -1.99. The number of ketones is 1. The first kappa shape index (κ1) is 13.2. The topological polar surface area (TPSA) is 56.3 Å².